The van der Waals surface area contributed by atoms with Gasteiger partial charge in [0.25, 0.3) is 0 Å². The number of rotatable bonds is 4. The smallest absolute Gasteiger partial charge is 0.331 e. The lowest BCUT2D eigenvalue weighted by atomic mass is 10.1. The molecule has 19 heavy (non-hydrogen) atoms. The Morgan fingerprint density at radius 3 is 2.53 bits per heavy atom. The fraction of sp³-hybridized carbons (Fsp3) is 0.357. The maximum atomic E-state index is 10.8. The SMILES string of the molecule is Cl.O=C(O)C1=CCN(CC(O)c2ccccc2)CC1. The molecule has 1 unspecified atom stereocenters. The van der Waals surface area contributed by atoms with E-state index in [9.17, 15) is 9.90 Å². The van der Waals surface area contributed by atoms with Crippen molar-refractivity contribution in [3.63, 3.8) is 0 Å². The van der Waals surface area contributed by atoms with E-state index in [1.54, 1.807) is 6.08 Å². The Labute approximate surface area is 118 Å². The van der Waals surface area contributed by atoms with Crippen LogP contribution in [0.4, 0.5) is 0 Å². The zero-order chi connectivity index (χ0) is 13.0. The molecule has 1 aromatic carbocycles. The molecule has 0 saturated carbocycles. The molecular weight excluding hydrogens is 266 g/mol. The predicted octanol–water partition coefficient (Wildman–Crippen LogP) is 1.86. The van der Waals surface area contributed by atoms with Gasteiger partial charge in [-0.15, -0.1) is 12.4 Å². The number of hydrogen-bond donors (Lipinski definition) is 2. The van der Waals surface area contributed by atoms with E-state index in [-0.39, 0.29) is 12.4 Å². The summed E-state index contributed by atoms with van der Waals surface area (Å²) in [6.07, 6.45) is 1.74. The number of benzene rings is 1. The Morgan fingerprint density at radius 2 is 2.00 bits per heavy atom. The lowest BCUT2D eigenvalue weighted by Crippen LogP contribution is -2.33. The van der Waals surface area contributed by atoms with Crippen LogP contribution in [-0.2, 0) is 4.79 Å². The van der Waals surface area contributed by atoms with Gasteiger partial charge < -0.3 is 10.2 Å². The zero-order valence-electron chi connectivity index (χ0n) is 10.5. The van der Waals surface area contributed by atoms with Gasteiger partial charge >= 0.3 is 5.97 Å². The Kier molecular flexibility index (Phi) is 6.02. The molecule has 5 heteroatoms. The van der Waals surface area contributed by atoms with Crippen molar-refractivity contribution < 1.29 is 15.0 Å². The molecule has 1 atom stereocenters. The van der Waals surface area contributed by atoms with Crippen LogP contribution in [0, 0.1) is 0 Å². The number of halogens is 1. The van der Waals surface area contributed by atoms with Gasteiger partial charge in [0.15, 0.2) is 0 Å². The van der Waals surface area contributed by atoms with Crippen molar-refractivity contribution in [2.75, 3.05) is 19.6 Å². The highest BCUT2D eigenvalue weighted by molar-refractivity contribution is 5.86. The molecular formula is C14H18ClNO3. The van der Waals surface area contributed by atoms with E-state index in [1.165, 1.54) is 0 Å². The number of carboxylic acid groups (broad SMARTS) is 1. The minimum absolute atomic E-state index is 0. The molecule has 0 bridgehead atoms. The summed E-state index contributed by atoms with van der Waals surface area (Å²) in [7, 11) is 0. The number of aliphatic hydroxyl groups is 1. The first-order chi connectivity index (χ1) is 8.66. The van der Waals surface area contributed by atoms with Gasteiger partial charge in [-0.25, -0.2) is 4.79 Å². The predicted molar refractivity (Wildman–Crippen MR) is 75.4 cm³/mol. The highest BCUT2D eigenvalue weighted by Crippen LogP contribution is 2.17. The second kappa shape index (κ2) is 7.28. The first kappa shape index (κ1) is 15.7. The van der Waals surface area contributed by atoms with Gasteiger partial charge in [-0.05, 0) is 12.0 Å². The molecule has 4 nitrogen and oxygen atoms in total. The largest absolute Gasteiger partial charge is 0.478 e. The second-order valence-electron chi connectivity index (χ2n) is 4.47. The van der Waals surface area contributed by atoms with Gasteiger partial charge in [0, 0.05) is 25.2 Å². The third-order valence-corrected chi connectivity index (χ3v) is 3.18. The lowest BCUT2D eigenvalue weighted by molar-refractivity contribution is -0.133. The van der Waals surface area contributed by atoms with Crippen LogP contribution in [0.2, 0.25) is 0 Å². The van der Waals surface area contributed by atoms with E-state index >= 15 is 0 Å². The van der Waals surface area contributed by atoms with Crippen molar-refractivity contribution in [1.29, 1.82) is 0 Å². The van der Waals surface area contributed by atoms with Crippen molar-refractivity contribution in [2.24, 2.45) is 0 Å². The van der Waals surface area contributed by atoms with Crippen LogP contribution >= 0.6 is 12.4 Å². The van der Waals surface area contributed by atoms with Gasteiger partial charge in [-0.3, -0.25) is 4.90 Å². The van der Waals surface area contributed by atoms with Crippen LogP contribution in [0.25, 0.3) is 0 Å². The molecule has 1 aliphatic heterocycles. The minimum atomic E-state index is -0.835. The van der Waals surface area contributed by atoms with Crippen LogP contribution in [-0.4, -0.2) is 40.7 Å². The quantitative estimate of drug-likeness (QED) is 0.885. The minimum Gasteiger partial charge on any atom is -0.478 e. The van der Waals surface area contributed by atoms with Gasteiger partial charge in [0.2, 0.25) is 0 Å². The maximum absolute atomic E-state index is 10.8. The summed E-state index contributed by atoms with van der Waals surface area (Å²) in [6.45, 7) is 1.81. The van der Waals surface area contributed by atoms with Gasteiger partial charge in [0.05, 0.1) is 6.10 Å². The Balaban J connectivity index is 0.00000180. The number of carboxylic acids is 1. The van der Waals surface area contributed by atoms with E-state index in [0.29, 0.717) is 31.6 Å². The summed E-state index contributed by atoms with van der Waals surface area (Å²) in [6, 6.07) is 9.51. The molecule has 0 aromatic heterocycles. The van der Waals surface area contributed by atoms with Crippen molar-refractivity contribution in [2.45, 2.75) is 12.5 Å². The average molecular weight is 284 g/mol. The second-order valence-corrected chi connectivity index (χ2v) is 4.47. The highest BCUT2D eigenvalue weighted by Gasteiger charge is 2.18. The summed E-state index contributed by atoms with van der Waals surface area (Å²) in [5.41, 5.74) is 1.37. The molecule has 0 amide bonds. The normalized spacial score (nSPS) is 17.2. The number of aliphatic hydroxyl groups excluding tert-OH is 1. The topological polar surface area (TPSA) is 60.8 Å². The van der Waals surface area contributed by atoms with E-state index in [2.05, 4.69) is 4.90 Å². The summed E-state index contributed by atoms with van der Waals surface area (Å²) >= 11 is 0. The monoisotopic (exact) mass is 283 g/mol. The number of β-amino-alcohol motifs (C(OH)–C–C–N with tert-alkyl or cyclic N) is 1. The summed E-state index contributed by atoms with van der Waals surface area (Å²) in [5, 5.41) is 18.9. The summed E-state index contributed by atoms with van der Waals surface area (Å²) in [4.78, 5) is 12.8. The number of carbonyl (C=O) groups is 1. The fourth-order valence-corrected chi connectivity index (χ4v) is 2.10. The molecule has 0 radical (unpaired) electrons. The molecule has 0 aliphatic carbocycles. The van der Waals surface area contributed by atoms with E-state index in [0.717, 1.165) is 5.56 Å². The van der Waals surface area contributed by atoms with Gasteiger partial charge in [0.1, 0.15) is 0 Å². The standard InChI is InChI=1S/C14H17NO3.ClH/c16-13(11-4-2-1-3-5-11)10-15-8-6-12(7-9-15)14(17)18;/h1-6,13,16H,7-10H2,(H,17,18);1H. The van der Waals surface area contributed by atoms with Gasteiger partial charge in [-0.1, -0.05) is 36.4 Å². The lowest BCUT2D eigenvalue weighted by Gasteiger charge is -2.27. The molecule has 2 rings (SSSR count). The van der Waals surface area contributed by atoms with Crippen LogP contribution < -0.4 is 0 Å². The van der Waals surface area contributed by atoms with Crippen molar-refractivity contribution in [3.8, 4) is 0 Å². The Hall–Kier alpha value is -1.36. The first-order valence-electron chi connectivity index (χ1n) is 6.04. The summed E-state index contributed by atoms with van der Waals surface area (Å²) < 4.78 is 0. The number of hydrogen-bond acceptors (Lipinski definition) is 3. The van der Waals surface area contributed by atoms with Crippen LogP contribution in [0.3, 0.4) is 0 Å². The molecule has 1 heterocycles. The van der Waals surface area contributed by atoms with E-state index in [4.69, 9.17) is 5.11 Å². The zero-order valence-corrected chi connectivity index (χ0v) is 11.3. The molecule has 104 valence electrons. The van der Waals surface area contributed by atoms with Crippen molar-refractivity contribution >= 4 is 18.4 Å². The summed E-state index contributed by atoms with van der Waals surface area (Å²) in [5.74, 6) is -0.835. The van der Waals surface area contributed by atoms with E-state index < -0.39 is 12.1 Å². The molecule has 2 N–H and O–H groups in total. The molecule has 0 fully saturated rings. The number of nitrogens with zero attached hydrogens (tertiary/aromatic N) is 1. The molecule has 1 aliphatic rings. The van der Waals surface area contributed by atoms with Gasteiger partial charge in [-0.2, -0.15) is 0 Å². The number of aliphatic carboxylic acids is 1. The average Bonchev–Trinajstić information content (AvgIpc) is 2.40. The fourth-order valence-electron chi connectivity index (χ4n) is 2.10. The van der Waals surface area contributed by atoms with Crippen LogP contribution in [0.5, 0.6) is 0 Å². The van der Waals surface area contributed by atoms with Crippen LogP contribution in [0.15, 0.2) is 42.0 Å². The van der Waals surface area contributed by atoms with E-state index in [1.807, 2.05) is 30.3 Å². The maximum Gasteiger partial charge on any atom is 0.331 e. The Bertz CT molecular complexity index is 447. The Morgan fingerprint density at radius 1 is 1.32 bits per heavy atom. The third-order valence-electron chi connectivity index (χ3n) is 3.18. The van der Waals surface area contributed by atoms with Crippen LogP contribution in [0.1, 0.15) is 18.1 Å². The van der Waals surface area contributed by atoms with Crippen molar-refractivity contribution in [1.82, 2.24) is 4.90 Å². The molecule has 0 saturated heterocycles. The third kappa shape index (κ3) is 4.35. The molecule has 1 aromatic rings. The highest BCUT2D eigenvalue weighted by atomic mass is 35.5. The van der Waals surface area contributed by atoms with Crippen molar-refractivity contribution in [3.05, 3.63) is 47.5 Å². The first-order valence-corrected chi connectivity index (χ1v) is 6.04. The molecule has 0 spiro atoms.